The van der Waals surface area contributed by atoms with E-state index in [1.54, 1.807) is 12.1 Å². The Hall–Kier alpha value is -2.53. The highest BCUT2D eigenvalue weighted by molar-refractivity contribution is 5.94. The van der Waals surface area contributed by atoms with Gasteiger partial charge >= 0.3 is 0 Å². The fraction of sp³-hybridized carbons (Fsp3) is 0.435. The van der Waals surface area contributed by atoms with Crippen molar-refractivity contribution in [2.75, 3.05) is 27.3 Å². The number of hydrogen-bond acceptors (Lipinski definition) is 4. The second kappa shape index (κ2) is 10.7. The van der Waals surface area contributed by atoms with Crippen LogP contribution in [-0.2, 0) is 13.1 Å². The fourth-order valence-electron chi connectivity index (χ4n) is 2.80. The minimum atomic E-state index is -0.129. The van der Waals surface area contributed by atoms with Crippen LogP contribution in [0.4, 0.5) is 0 Å². The van der Waals surface area contributed by atoms with Crippen molar-refractivity contribution in [1.82, 2.24) is 10.2 Å². The smallest absolute Gasteiger partial charge is 0.251 e. The quantitative estimate of drug-likeness (QED) is 0.670. The Morgan fingerprint density at radius 3 is 2.39 bits per heavy atom. The monoisotopic (exact) mass is 384 g/mol. The molecule has 152 valence electrons. The third-order valence-electron chi connectivity index (χ3n) is 4.12. The summed E-state index contributed by atoms with van der Waals surface area (Å²) in [6, 6.07) is 13.5. The highest BCUT2D eigenvalue weighted by atomic mass is 16.5. The maximum Gasteiger partial charge on any atom is 0.251 e. The lowest BCUT2D eigenvalue weighted by atomic mass is 10.1. The first-order valence-electron chi connectivity index (χ1n) is 9.80. The second-order valence-electron chi connectivity index (χ2n) is 7.49. The summed E-state index contributed by atoms with van der Waals surface area (Å²) in [6.45, 7) is 8.55. The van der Waals surface area contributed by atoms with E-state index in [0.717, 1.165) is 12.1 Å². The average Bonchev–Trinajstić information content (AvgIpc) is 2.65. The third-order valence-corrected chi connectivity index (χ3v) is 4.12. The first-order valence-corrected chi connectivity index (χ1v) is 9.80. The van der Waals surface area contributed by atoms with Gasteiger partial charge in [-0.05, 0) is 56.3 Å². The molecule has 0 unspecified atom stereocenters. The van der Waals surface area contributed by atoms with E-state index in [9.17, 15) is 4.79 Å². The molecule has 0 aromatic heterocycles. The van der Waals surface area contributed by atoms with Crippen LogP contribution in [-0.4, -0.2) is 38.1 Å². The zero-order chi connectivity index (χ0) is 20.5. The van der Waals surface area contributed by atoms with Crippen molar-refractivity contribution >= 4 is 5.91 Å². The summed E-state index contributed by atoms with van der Waals surface area (Å²) in [5, 5.41) is 3.01. The van der Waals surface area contributed by atoms with E-state index >= 15 is 0 Å². The molecule has 2 aromatic rings. The first-order chi connectivity index (χ1) is 13.4. The summed E-state index contributed by atoms with van der Waals surface area (Å²) < 4.78 is 11.5. The number of carbonyl (C=O) groups is 1. The Morgan fingerprint density at radius 2 is 1.75 bits per heavy atom. The van der Waals surface area contributed by atoms with E-state index < -0.39 is 0 Å². The molecule has 1 N–H and O–H groups in total. The van der Waals surface area contributed by atoms with Gasteiger partial charge in [-0.1, -0.05) is 38.1 Å². The van der Waals surface area contributed by atoms with E-state index in [1.807, 2.05) is 45.3 Å². The summed E-state index contributed by atoms with van der Waals surface area (Å²) in [6.07, 6.45) is 0. The summed E-state index contributed by atoms with van der Waals surface area (Å²) in [5.41, 5.74) is 2.89. The number of benzene rings is 2. The Balaban J connectivity index is 2.09. The number of nitrogens with zero attached hydrogens (tertiary/aromatic N) is 1. The van der Waals surface area contributed by atoms with Crippen LogP contribution in [0, 0.1) is 5.92 Å². The number of carbonyl (C=O) groups excluding carboxylic acids is 1. The fourth-order valence-corrected chi connectivity index (χ4v) is 2.80. The Labute approximate surface area is 168 Å². The lowest BCUT2D eigenvalue weighted by molar-refractivity contribution is 0.0950. The Kier molecular flexibility index (Phi) is 8.33. The first kappa shape index (κ1) is 21.8. The lowest BCUT2D eigenvalue weighted by Gasteiger charge is -2.16. The maximum atomic E-state index is 12.7. The molecule has 0 atom stereocenters. The molecule has 28 heavy (non-hydrogen) atoms. The van der Waals surface area contributed by atoms with Crippen LogP contribution in [0.3, 0.4) is 0 Å². The molecule has 2 aromatic carbocycles. The van der Waals surface area contributed by atoms with Crippen LogP contribution in [0.15, 0.2) is 42.5 Å². The van der Waals surface area contributed by atoms with Gasteiger partial charge in [0.2, 0.25) is 0 Å². The largest absolute Gasteiger partial charge is 0.490 e. The van der Waals surface area contributed by atoms with Crippen LogP contribution in [0.2, 0.25) is 0 Å². The summed E-state index contributed by atoms with van der Waals surface area (Å²) in [5.74, 6) is 1.56. The normalized spacial score (nSPS) is 11.0. The van der Waals surface area contributed by atoms with E-state index in [2.05, 4.69) is 30.1 Å². The summed E-state index contributed by atoms with van der Waals surface area (Å²) >= 11 is 0. The predicted octanol–water partition coefficient (Wildman–Crippen LogP) is 4.11. The predicted molar refractivity (Wildman–Crippen MR) is 113 cm³/mol. The Morgan fingerprint density at radius 1 is 1.04 bits per heavy atom. The van der Waals surface area contributed by atoms with Gasteiger partial charge in [0.1, 0.15) is 0 Å². The van der Waals surface area contributed by atoms with Gasteiger partial charge in [0.25, 0.3) is 5.91 Å². The molecule has 0 fully saturated rings. The minimum Gasteiger partial charge on any atom is -0.490 e. The lowest BCUT2D eigenvalue weighted by Crippen LogP contribution is -2.24. The minimum absolute atomic E-state index is 0.129. The van der Waals surface area contributed by atoms with Gasteiger partial charge in [0.05, 0.1) is 13.2 Å². The second-order valence-corrected chi connectivity index (χ2v) is 7.49. The number of nitrogens with one attached hydrogen (secondary N) is 1. The highest BCUT2D eigenvalue weighted by Crippen LogP contribution is 2.29. The summed E-state index contributed by atoms with van der Waals surface area (Å²) in [7, 11) is 4.07. The van der Waals surface area contributed by atoms with Crippen molar-refractivity contribution in [3.05, 3.63) is 59.2 Å². The van der Waals surface area contributed by atoms with E-state index in [0.29, 0.717) is 42.7 Å². The van der Waals surface area contributed by atoms with Crippen molar-refractivity contribution < 1.29 is 14.3 Å². The zero-order valence-electron chi connectivity index (χ0n) is 17.6. The summed E-state index contributed by atoms with van der Waals surface area (Å²) in [4.78, 5) is 14.8. The van der Waals surface area contributed by atoms with Gasteiger partial charge < -0.3 is 19.7 Å². The van der Waals surface area contributed by atoms with Gasteiger partial charge in [-0.2, -0.15) is 0 Å². The van der Waals surface area contributed by atoms with Crippen molar-refractivity contribution in [2.24, 2.45) is 5.92 Å². The third kappa shape index (κ3) is 6.57. The van der Waals surface area contributed by atoms with Gasteiger partial charge in [-0.15, -0.1) is 0 Å². The van der Waals surface area contributed by atoms with Gasteiger partial charge in [0, 0.05) is 18.7 Å². The molecule has 0 radical (unpaired) electrons. The number of amides is 1. The molecule has 1 amide bonds. The maximum absolute atomic E-state index is 12.7. The van der Waals surface area contributed by atoms with E-state index in [4.69, 9.17) is 9.47 Å². The number of rotatable bonds is 10. The SMILES string of the molecule is CCOc1cc(C(=O)NCc2ccccc2CN(C)C)ccc1OCC(C)C. The van der Waals surface area contributed by atoms with Crippen LogP contribution < -0.4 is 14.8 Å². The molecule has 0 spiro atoms. The molecule has 0 aliphatic carbocycles. The molecule has 0 saturated heterocycles. The molecule has 0 heterocycles. The van der Waals surface area contributed by atoms with Crippen molar-refractivity contribution in [1.29, 1.82) is 0 Å². The van der Waals surface area contributed by atoms with Gasteiger partial charge in [-0.3, -0.25) is 4.79 Å². The van der Waals surface area contributed by atoms with E-state index in [-0.39, 0.29) is 5.91 Å². The van der Waals surface area contributed by atoms with Crippen LogP contribution >= 0.6 is 0 Å². The molecule has 5 nitrogen and oxygen atoms in total. The zero-order valence-corrected chi connectivity index (χ0v) is 17.6. The topological polar surface area (TPSA) is 50.8 Å². The van der Waals surface area contributed by atoms with Crippen molar-refractivity contribution in [3.8, 4) is 11.5 Å². The van der Waals surface area contributed by atoms with Gasteiger partial charge in [-0.25, -0.2) is 0 Å². The van der Waals surface area contributed by atoms with Crippen molar-refractivity contribution in [3.63, 3.8) is 0 Å². The molecule has 0 saturated carbocycles. The van der Waals surface area contributed by atoms with Crippen LogP contribution in [0.5, 0.6) is 11.5 Å². The molecule has 5 heteroatoms. The number of hydrogen-bond donors (Lipinski definition) is 1. The average molecular weight is 385 g/mol. The van der Waals surface area contributed by atoms with Crippen LogP contribution in [0.1, 0.15) is 42.3 Å². The van der Waals surface area contributed by atoms with E-state index in [1.165, 1.54) is 5.56 Å². The molecule has 0 aliphatic heterocycles. The molecule has 0 bridgehead atoms. The van der Waals surface area contributed by atoms with Crippen LogP contribution in [0.25, 0.3) is 0 Å². The highest BCUT2D eigenvalue weighted by Gasteiger charge is 2.13. The molecule has 2 rings (SSSR count). The standard InChI is InChI=1S/C23H32N2O3/c1-6-27-22-13-18(11-12-21(22)28-16-17(2)3)23(26)24-14-19-9-7-8-10-20(19)15-25(4)5/h7-13,17H,6,14-16H2,1-5H3,(H,24,26). The molecule has 0 aliphatic rings. The van der Waals surface area contributed by atoms with Gasteiger partial charge in [0.15, 0.2) is 11.5 Å². The number of ether oxygens (including phenoxy) is 2. The molecular weight excluding hydrogens is 352 g/mol. The molecular formula is C23H32N2O3. The van der Waals surface area contributed by atoms with Crippen molar-refractivity contribution in [2.45, 2.75) is 33.9 Å². The Bertz CT molecular complexity index is 772.